The van der Waals surface area contributed by atoms with Crippen molar-refractivity contribution in [1.29, 1.82) is 0 Å². The Balaban J connectivity index is 1.74. The van der Waals surface area contributed by atoms with Crippen molar-refractivity contribution in [3.8, 4) is 5.69 Å². The molecule has 0 unspecified atom stereocenters. The molecule has 0 aliphatic carbocycles. The zero-order valence-electron chi connectivity index (χ0n) is 17.5. The number of rotatable bonds is 7. The number of aromatic nitrogens is 5. The van der Waals surface area contributed by atoms with Crippen LogP contribution in [0.1, 0.15) is 47.2 Å². The van der Waals surface area contributed by atoms with Crippen LogP contribution in [0.15, 0.2) is 42.9 Å². The summed E-state index contributed by atoms with van der Waals surface area (Å²) in [4.78, 5) is 24.1. The van der Waals surface area contributed by atoms with Crippen molar-refractivity contribution in [2.45, 2.75) is 45.3 Å². The minimum absolute atomic E-state index is 0.129. The number of carbonyl (C=O) groups excluding carboxylic acids is 1. The first-order chi connectivity index (χ1) is 14.7. The molecular formula is C21H23F3N6O. The summed E-state index contributed by atoms with van der Waals surface area (Å²) in [6.07, 6.45) is 1.57. The van der Waals surface area contributed by atoms with Crippen molar-refractivity contribution in [2.24, 2.45) is 0 Å². The fourth-order valence-corrected chi connectivity index (χ4v) is 3.29. The number of hydrogen-bond donors (Lipinski definition) is 0. The Morgan fingerprint density at radius 1 is 1.16 bits per heavy atom. The number of carbonyl (C=O) groups is 1. The summed E-state index contributed by atoms with van der Waals surface area (Å²) in [5, 5.41) is 8.18. The Bertz CT molecular complexity index is 1020. The van der Waals surface area contributed by atoms with Crippen LogP contribution in [0.5, 0.6) is 0 Å². The second-order valence-corrected chi connectivity index (χ2v) is 7.21. The summed E-state index contributed by atoms with van der Waals surface area (Å²) in [6, 6.07) is 5.80. The van der Waals surface area contributed by atoms with E-state index in [1.54, 1.807) is 31.0 Å². The molecule has 0 aliphatic rings. The summed E-state index contributed by atoms with van der Waals surface area (Å²) >= 11 is 0. The van der Waals surface area contributed by atoms with E-state index in [2.05, 4.69) is 20.2 Å². The van der Waals surface area contributed by atoms with Gasteiger partial charge < -0.3 is 4.90 Å². The average Bonchev–Trinajstić information content (AvgIpc) is 3.27. The van der Waals surface area contributed by atoms with E-state index in [9.17, 15) is 18.0 Å². The van der Waals surface area contributed by atoms with Gasteiger partial charge in [-0.2, -0.15) is 23.4 Å². The van der Waals surface area contributed by atoms with Crippen LogP contribution < -0.4 is 0 Å². The Morgan fingerprint density at radius 2 is 1.87 bits per heavy atom. The summed E-state index contributed by atoms with van der Waals surface area (Å²) < 4.78 is 38.1. The second-order valence-electron chi connectivity index (χ2n) is 7.21. The lowest BCUT2D eigenvalue weighted by Gasteiger charge is -2.27. The molecule has 0 saturated heterocycles. The predicted octanol–water partition coefficient (Wildman–Crippen LogP) is 3.87. The summed E-state index contributed by atoms with van der Waals surface area (Å²) in [5.41, 5.74) is 1.18. The van der Waals surface area contributed by atoms with Gasteiger partial charge in [-0.15, -0.1) is 4.80 Å². The normalized spacial score (nSPS) is 12.6. The highest BCUT2D eigenvalue weighted by Crippen LogP contribution is 2.27. The molecule has 164 valence electrons. The molecule has 0 spiro atoms. The quantitative estimate of drug-likeness (QED) is 0.567. The van der Waals surface area contributed by atoms with E-state index in [4.69, 9.17) is 0 Å². The van der Waals surface area contributed by atoms with Crippen LogP contribution in [-0.4, -0.2) is 48.9 Å². The first kappa shape index (κ1) is 22.4. The van der Waals surface area contributed by atoms with Crippen LogP contribution in [0, 0.1) is 6.92 Å². The van der Waals surface area contributed by atoms with Crippen molar-refractivity contribution in [1.82, 2.24) is 29.9 Å². The smallest absolute Gasteiger partial charge is 0.337 e. The zero-order valence-corrected chi connectivity index (χ0v) is 17.5. The highest BCUT2D eigenvalue weighted by molar-refractivity contribution is 5.95. The molecule has 3 aromatic rings. The highest BCUT2D eigenvalue weighted by atomic mass is 19.4. The molecule has 0 saturated carbocycles. The first-order valence-electron chi connectivity index (χ1n) is 9.84. The van der Waals surface area contributed by atoms with Gasteiger partial charge in [0.2, 0.25) is 0 Å². The SMILES string of the molecule is CC[C@@H](CCc1ccc(C(F)(F)F)nc1)N(C)C(=O)c1nc(C)ccc1-n1nccn1. The Morgan fingerprint density at radius 3 is 2.45 bits per heavy atom. The van der Waals surface area contributed by atoms with E-state index in [1.165, 1.54) is 29.5 Å². The van der Waals surface area contributed by atoms with Gasteiger partial charge >= 0.3 is 6.18 Å². The molecular weight excluding hydrogens is 409 g/mol. The first-order valence-corrected chi connectivity index (χ1v) is 9.84. The molecule has 0 aliphatic heterocycles. The molecule has 3 aromatic heterocycles. The lowest BCUT2D eigenvalue weighted by Crippen LogP contribution is -2.38. The number of pyridine rings is 2. The molecule has 0 N–H and O–H groups in total. The van der Waals surface area contributed by atoms with Gasteiger partial charge in [-0.1, -0.05) is 13.0 Å². The van der Waals surface area contributed by atoms with Crippen LogP contribution in [-0.2, 0) is 12.6 Å². The second kappa shape index (κ2) is 9.23. The average molecular weight is 432 g/mol. The maximum absolute atomic E-state index is 13.2. The molecule has 0 radical (unpaired) electrons. The Hall–Kier alpha value is -3.30. The van der Waals surface area contributed by atoms with Crippen LogP contribution in [0.4, 0.5) is 13.2 Å². The largest absolute Gasteiger partial charge is 0.433 e. The van der Waals surface area contributed by atoms with E-state index >= 15 is 0 Å². The summed E-state index contributed by atoms with van der Waals surface area (Å²) in [5.74, 6) is -0.270. The number of halogens is 3. The van der Waals surface area contributed by atoms with Gasteiger partial charge in [0.05, 0.1) is 12.4 Å². The highest BCUT2D eigenvalue weighted by Gasteiger charge is 2.32. The van der Waals surface area contributed by atoms with Gasteiger partial charge in [-0.3, -0.25) is 9.78 Å². The minimum Gasteiger partial charge on any atom is -0.337 e. The van der Waals surface area contributed by atoms with Gasteiger partial charge in [0.15, 0.2) is 5.69 Å². The molecule has 10 heteroatoms. The van der Waals surface area contributed by atoms with Crippen molar-refractivity contribution >= 4 is 5.91 Å². The van der Waals surface area contributed by atoms with Gasteiger partial charge in [0.1, 0.15) is 11.4 Å². The van der Waals surface area contributed by atoms with E-state index in [0.29, 0.717) is 36.2 Å². The van der Waals surface area contributed by atoms with E-state index in [-0.39, 0.29) is 17.6 Å². The maximum Gasteiger partial charge on any atom is 0.433 e. The Kier molecular flexibility index (Phi) is 6.67. The molecule has 0 fully saturated rings. The number of nitrogens with zero attached hydrogens (tertiary/aromatic N) is 6. The molecule has 0 bridgehead atoms. The molecule has 1 amide bonds. The summed E-state index contributed by atoms with van der Waals surface area (Å²) in [6.45, 7) is 3.76. The van der Waals surface area contributed by atoms with Crippen LogP contribution in [0.3, 0.4) is 0 Å². The van der Waals surface area contributed by atoms with Gasteiger partial charge in [0, 0.05) is 25.0 Å². The monoisotopic (exact) mass is 432 g/mol. The van der Waals surface area contributed by atoms with Crippen molar-refractivity contribution < 1.29 is 18.0 Å². The Labute approximate surface area is 177 Å². The molecule has 3 rings (SSSR count). The zero-order chi connectivity index (χ0) is 22.6. The number of hydrogen-bond acceptors (Lipinski definition) is 5. The van der Waals surface area contributed by atoms with Gasteiger partial charge in [0.25, 0.3) is 5.91 Å². The molecule has 0 aromatic carbocycles. The van der Waals surface area contributed by atoms with Crippen LogP contribution in [0.2, 0.25) is 0 Å². The number of alkyl halides is 3. The number of aryl methyl sites for hydroxylation is 2. The van der Waals surface area contributed by atoms with Crippen molar-refractivity contribution in [3.63, 3.8) is 0 Å². The topological polar surface area (TPSA) is 76.8 Å². The van der Waals surface area contributed by atoms with Crippen LogP contribution >= 0.6 is 0 Å². The third kappa shape index (κ3) is 5.25. The summed E-state index contributed by atoms with van der Waals surface area (Å²) in [7, 11) is 1.70. The van der Waals surface area contributed by atoms with E-state index < -0.39 is 11.9 Å². The molecule has 7 nitrogen and oxygen atoms in total. The third-order valence-corrected chi connectivity index (χ3v) is 5.07. The minimum atomic E-state index is -4.46. The third-order valence-electron chi connectivity index (χ3n) is 5.07. The molecule has 3 heterocycles. The fraction of sp³-hybridized carbons (Fsp3) is 0.381. The fourth-order valence-electron chi connectivity index (χ4n) is 3.29. The molecule has 1 atom stereocenters. The van der Waals surface area contributed by atoms with Gasteiger partial charge in [-0.25, -0.2) is 4.98 Å². The van der Waals surface area contributed by atoms with E-state index in [1.807, 2.05) is 6.92 Å². The van der Waals surface area contributed by atoms with Gasteiger partial charge in [-0.05, 0) is 49.9 Å². The lowest BCUT2D eigenvalue weighted by molar-refractivity contribution is -0.141. The standard InChI is InChI=1S/C21H23F3N6O/c1-4-16(8-6-15-7-10-18(25-13-15)21(22,23)24)29(3)20(31)19-17(9-5-14(2)28-19)30-26-11-12-27-30/h5,7,9-13,16H,4,6,8H2,1-3H3/t16-/m0/s1. The van der Waals surface area contributed by atoms with Crippen molar-refractivity contribution in [2.75, 3.05) is 7.05 Å². The van der Waals surface area contributed by atoms with E-state index in [0.717, 1.165) is 6.07 Å². The number of amides is 1. The van der Waals surface area contributed by atoms with Crippen molar-refractivity contribution in [3.05, 3.63) is 65.5 Å². The van der Waals surface area contributed by atoms with Crippen LogP contribution in [0.25, 0.3) is 5.69 Å². The predicted molar refractivity (Wildman–Crippen MR) is 108 cm³/mol. The maximum atomic E-state index is 13.2. The molecule has 31 heavy (non-hydrogen) atoms. The lowest BCUT2D eigenvalue weighted by atomic mass is 10.0.